The molecule has 0 radical (unpaired) electrons. The topological polar surface area (TPSA) is 49.3 Å². The molecule has 0 atom stereocenters. The highest BCUT2D eigenvalue weighted by Gasteiger charge is 2.08. The van der Waals surface area contributed by atoms with Crippen LogP contribution in [0.2, 0.25) is 0 Å². The second kappa shape index (κ2) is 7.10. The molecule has 0 fully saturated rings. The first-order valence-corrected chi connectivity index (χ1v) is 6.97. The number of hydrogen-bond acceptors (Lipinski definition) is 2. The second-order valence-electron chi connectivity index (χ2n) is 5.00. The number of carbonyl (C=O) groups is 1. The predicted molar refractivity (Wildman–Crippen MR) is 76.3 cm³/mol. The van der Waals surface area contributed by atoms with Crippen LogP contribution in [0.4, 0.5) is 0 Å². The molecule has 1 aromatic carbocycles. The Hall–Kier alpha value is -1.61. The number of hydrogen-bond donors (Lipinski definition) is 2. The highest BCUT2D eigenvalue weighted by molar-refractivity contribution is 5.89. The minimum absolute atomic E-state index is 0.395. The van der Waals surface area contributed by atoms with Crippen molar-refractivity contribution < 1.29 is 9.90 Å². The molecule has 19 heavy (non-hydrogen) atoms. The van der Waals surface area contributed by atoms with Gasteiger partial charge in [0.05, 0.1) is 5.56 Å². The largest absolute Gasteiger partial charge is 0.478 e. The Morgan fingerprint density at radius 1 is 1.26 bits per heavy atom. The van der Waals surface area contributed by atoms with Gasteiger partial charge in [0.2, 0.25) is 0 Å². The molecule has 2 N–H and O–H groups in total. The Bertz CT molecular complexity index is 466. The molecule has 0 spiro atoms. The summed E-state index contributed by atoms with van der Waals surface area (Å²) in [6, 6.07) is 7.17. The van der Waals surface area contributed by atoms with E-state index in [-0.39, 0.29) is 0 Å². The van der Waals surface area contributed by atoms with Crippen molar-refractivity contribution in [2.75, 3.05) is 6.54 Å². The fraction of sp³-hybridized carbons (Fsp3) is 0.438. The summed E-state index contributed by atoms with van der Waals surface area (Å²) < 4.78 is 0. The zero-order chi connectivity index (χ0) is 13.5. The van der Waals surface area contributed by atoms with Crippen LogP contribution in [0.25, 0.3) is 0 Å². The monoisotopic (exact) mass is 259 g/mol. The van der Waals surface area contributed by atoms with Crippen molar-refractivity contribution in [1.29, 1.82) is 0 Å². The number of rotatable bonds is 6. The number of allylic oxidation sites excluding steroid dienone is 1. The molecule has 0 amide bonds. The summed E-state index contributed by atoms with van der Waals surface area (Å²) in [5.74, 6) is -0.854. The summed E-state index contributed by atoms with van der Waals surface area (Å²) in [6.45, 7) is 1.54. The zero-order valence-corrected chi connectivity index (χ0v) is 11.2. The van der Waals surface area contributed by atoms with Gasteiger partial charge in [0.15, 0.2) is 0 Å². The first-order chi connectivity index (χ1) is 9.27. The van der Waals surface area contributed by atoms with Gasteiger partial charge in [-0.15, -0.1) is 0 Å². The van der Waals surface area contributed by atoms with E-state index in [1.165, 1.54) is 25.7 Å². The molecular formula is C16H21NO2. The lowest BCUT2D eigenvalue weighted by molar-refractivity contribution is 0.0695. The fourth-order valence-corrected chi connectivity index (χ4v) is 2.49. The highest BCUT2D eigenvalue weighted by atomic mass is 16.4. The van der Waals surface area contributed by atoms with E-state index in [4.69, 9.17) is 5.11 Å². The molecule has 0 bridgehead atoms. The molecule has 0 aromatic heterocycles. The van der Waals surface area contributed by atoms with Crippen molar-refractivity contribution in [2.24, 2.45) is 0 Å². The summed E-state index contributed by atoms with van der Waals surface area (Å²) in [7, 11) is 0. The molecular weight excluding hydrogens is 238 g/mol. The lowest BCUT2D eigenvalue weighted by Gasteiger charge is -2.13. The van der Waals surface area contributed by atoms with Gasteiger partial charge >= 0.3 is 5.97 Å². The summed E-state index contributed by atoms with van der Waals surface area (Å²) in [5, 5.41) is 12.4. The van der Waals surface area contributed by atoms with E-state index < -0.39 is 5.97 Å². The van der Waals surface area contributed by atoms with E-state index in [0.29, 0.717) is 12.1 Å². The molecule has 0 unspecified atom stereocenters. The Balaban J connectivity index is 1.79. The Morgan fingerprint density at radius 2 is 2.11 bits per heavy atom. The molecule has 0 aliphatic heterocycles. The molecule has 1 aliphatic rings. The van der Waals surface area contributed by atoms with Crippen molar-refractivity contribution in [3.63, 3.8) is 0 Å². The van der Waals surface area contributed by atoms with Crippen LogP contribution >= 0.6 is 0 Å². The van der Waals surface area contributed by atoms with Crippen LogP contribution in [0.1, 0.15) is 48.0 Å². The van der Waals surface area contributed by atoms with Crippen molar-refractivity contribution in [2.45, 2.75) is 38.6 Å². The molecule has 2 rings (SSSR count). The Morgan fingerprint density at radius 3 is 2.84 bits per heavy atom. The van der Waals surface area contributed by atoms with Gasteiger partial charge in [0.1, 0.15) is 0 Å². The van der Waals surface area contributed by atoms with Gasteiger partial charge in [0.25, 0.3) is 0 Å². The van der Waals surface area contributed by atoms with E-state index >= 15 is 0 Å². The van der Waals surface area contributed by atoms with E-state index in [0.717, 1.165) is 18.5 Å². The first kappa shape index (κ1) is 13.8. The van der Waals surface area contributed by atoms with Gasteiger partial charge in [0, 0.05) is 6.54 Å². The SMILES string of the molecule is O=C(O)c1ccccc1CNCCC1=CCCCC1. The maximum atomic E-state index is 11.1. The lowest BCUT2D eigenvalue weighted by atomic mass is 9.97. The molecule has 1 aromatic rings. The van der Waals surface area contributed by atoms with Crippen molar-refractivity contribution in [3.05, 3.63) is 47.0 Å². The quantitative estimate of drug-likeness (QED) is 0.608. The molecule has 0 heterocycles. The number of carboxylic acid groups (broad SMARTS) is 1. The molecule has 102 valence electrons. The van der Waals surface area contributed by atoms with Crippen LogP contribution < -0.4 is 5.32 Å². The van der Waals surface area contributed by atoms with Crippen LogP contribution in [0, 0.1) is 0 Å². The van der Waals surface area contributed by atoms with Gasteiger partial charge in [-0.25, -0.2) is 4.79 Å². The Labute approximate surface area is 114 Å². The van der Waals surface area contributed by atoms with Gasteiger partial charge in [-0.3, -0.25) is 0 Å². The maximum absolute atomic E-state index is 11.1. The van der Waals surface area contributed by atoms with Crippen molar-refractivity contribution >= 4 is 5.97 Å². The maximum Gasteiger partial charge on any atom is 0.336 e. The molecule has 0 saturated heterocycles. The summed E-state index contributed by atoms with van der Waals surface area (Å²) in [6.07, 6.45) is 8.52. The van der Waals surface area contributed by atoms with Crippen LogP contribution in [-0.2, 0) is 6.54 Å². The van der Waals surface area contributed by atoms with Gasteiger partial charge in [-0.1, -0.05) is 29.8 Å². The van der Waals surface area contributed by atoms with Crippen LogP contribution in [0.5, 0.6) is 0 Å². The lowest BCUT2D eigenvalue weighted by Crippen LogP contribution is -2.17. The third kappa shape index (κ3) is 4.21. The number of nitrogens with one attached hydrogen (secondary N) is 1. The number of benzene rings is 1. The van der Waals surface area contributed by atoms with Gasteiger partial charge in [-0.2, -0.15) is 0 Å². The normalized spacial score (nSPS) is 15.1. The third-order valence-corrected chi connectivity index (χ3v) is 3.57. The van der Waals surface area contributed by atoms with E-state index in [2.05, 4.69) is 11.4 Å². The molecule has 3 heteroatoms. The van der Waals surface area contributed by atoms with Crippen LogP contribution in [0.3, 0.4) is 0 Å². The fourth-order valence-electron chi connectivity index (χ4n) is 2.49. The summed E-state index contributed by atoms with van der Waals surface area (Å²) >= 11 is 0. The van der Waals surface area contributed by atoms with Crippen molar-refractivity contribution in [3.8, 4) is 0 Å². The Kier molecular flexibility index (Phi) is 5.16. The van der Waals surface area contributed by atoms with Crippen molar-refractivity contribution in [1.82, 2.24) is 5.32 Å². The van der Waals surface area contributed by atoms with E-state index in [9.17, 15) is 4.79 Å². The minimum Gasteiger partial charge on any atom is -0.478 e. The molecule has 3 nitrogen and oxygen atoms in total. The van der Waals surface area contributed by atoms with Gasteiger partial charge < -0.3 is 10.4 Å². The highest BCUT2D eigenvalue weighted by Crippen LogP contribution is 2.19. The second-order valence-corrected chi connectivity index (χ2v) is 5.00. The summed E-state index contributed by atoms with van der Waals surface area (Å²) in [5.41, 5.74) is 2.80. The van der Waals surface area contributed by atoms with Crippen LogP contribution in [-0.4, -0.2) is 17.6 Å². The van der Waals surface area contributed by atoms with E-state index in [1.807, 2.05) is 12.1 Å². The molecule has 1 aliphatic carbocycles. The average Bonchev–Trinajstić information content (AvgIpc) is 2.45. The standard InChI is InChI=1S/C16H21NO2/c18-16(19)15-9-5-4-8-14(15)12-17-11-10-13-6-2-1-3-7-13/h4-6,8-9,17H,1-3,7,10-12H2,(H,18,19). The van der Waals surface area contributed by atoms with Crippen LogP contribution in [0.15, 0.2) is 35.9 Å². The number of carboxylic acids is 1. The molecule has 0 saturated carbocycles. The number of aromatic carboxylic acids is 1. The summed E-state index contributed by atoms with van der Waals surface area (Å²) in [4.78, 5) is 11.1. The third-order valence-electron chi connectivity index (χ3n) is 3.57. The minimum atomic E-state index is -0.854. The zero-order valence-electron chi connectivity index (χ0n) is 11.2. The van der Waals surface area contributed by atoms with Gasteiger partial charge in [-0.05, 0) is 50.3 Å². The average molecular weight is 259 g/mol. The smallest absolute Gasteiger partial charge is 0.336 e. The predicted octanol–water partition coefficient (Wildman–Crippen LogP) is 3.36. The van der Waals surface area contributed by atoms with E-state index in [1.54, 1.807) is 17.7 Å². The first-order valence-electron chi connectivity index (χ1n) is 6.97.